The number of pyridine rings is 1. The summed E-state index contributed by atoms with van der Waals surface area (Å²) in [5, 5.41) is 15.7. The Morgan fingerprint density at radius 2 is 1.91 bits per heavy atom. The van der Waals surface area contributed by atoms with Crippen molar-refractivity contribution in [2.75, 3.05) is 19.0 Å². The number of nitrogens with zero attached hydrogens (tertiary/aromatic N) is 3. The monoisotopic (exact) mass is 457 g/mol. The van der Waals surface area contributed by atoms with Crippen LogP contribution in [0.4, 0.5) is 10.6 Å². The van der Waals surface area contributed by atoms with E-state index in [-0.39, 0.29) is 11.8 Å². The number of carbonyl (C=O) groups is 1. The Hall–Kier alpha value is -4.20. The van der Waals surface area contributed by atoms with Crippen molar-refractivity contribution >= 4 is 23.0 Å². The lowest BCUT2D eigenvalue weighted by molar-refractivity contribution is 0.251. The first-order chi connectivity index (χ1) is 16.5. The van der Waals surface area contributed by atoms with Gasteiger partial charge in [-0.2, -0.15) is 0 Å². The van der Waals surface area contributed by atoms with Gasteiger partial charge in [0.15, 0.2) is 17.1 Å². The number of fused-ring (bicyclic) bond motifs is 1. The van der Waals surface area contributed by atoms with Crippen LogP contribution in [0.15, 0.2) is 66.9 Å². The first kappa shape index (κ1) is 23.0. The molecule has 0 spiro atoms. The molecule has 3 N–H and O–H groups in total. The maximum absolute atomic E-state index is 12.3. The Morgan fingerprint density at radius 1 is 1.09 bits per heavy atom. The van der Waals surface area contributed by atoms with Crippen molar-refractivity contribution in [3.63, 3.8) is 0 Å². The summed E-state index contributed by atoms with van der Waals surface area (Å²) >= 11 is 0. The van der Waals surface area contributed by atoms with Crippen molar-refractivity contribution in [2.45, 2.75) is 25.7 Å². The number of carbonyl (C=O) groups excluding carboxylic acids is 1. The van der Waals surface area contributed by atoms with Crippen LogP contribution in [0.25, 0.3) is 22.4 Å². The number of hydrogen-bond donors (Lipinski definition) is 3. The molecule has 0 fully saturated rings. The predicted molar refractivity (Wildman–Crippen MR) is 132 cm³/mol. The fourth-order valence-electron chi connectivity index (χ4n) is 3.67. The predicted octanol–water partition coefficient (Wildman–Crippen LogP) is 5.11. The van der Waals surface area contributed by atoms with Gasteiger partial charge in [0.25, 0.3) is 0 Å². The number of nitrogens with one attached hydrogen (secondary N) is 2. The number of anilines is 1. The van der Waals surface area contributed by atoms with E-state index < -0.39 is 0 Å². The summed E-state index contributed by atoms with van der Waals surface area (Å²) < 4.78 is 5.08. The number of urea groups is 1. The van der Waals surface area contributed by atoms with Gasteiger partial charge >= 0.3 is 6.03 Å². The molecule has 0 saturated heterocycles. The van der Waals surface area contributed by atoms with E-state index in [0.717, 1.165) is 12.8 Å². The highest BCUT2D eigenvalue weighted by molar-refractivity contribution is 5.89. The number of aromatic hydroxyl groups is 1. The van der Waals surface area contributed by atoms with Gasteiger partial charge in [-0.05, 0) is 54.7 Å². The lowest BCUT2D eigenvalue weighted by atomic mass is 9.96. The summed E-state index contributed by atoms with van der Waals surface area (Å²) in [6.07, 6.45) is 3.47. The van der Waals surface area contributed by atoms with Gasteiger partial charge in [0, 0.05) is 12.1 Å². The number of aromatic nitrogens is 3. The van der Waals surface area contributed by atoms with Crippen molar-refractivity contribution in [1.29, 1.82) is 0 Å². The van der Waals surface area contributed by atoms with Gasteiger partial charge in [-0.15, -0.1) is 0 Å². The lowest BCUT2D eigenvalue weighted by Gasteiger charge is -2.12. The summed E-state index contributed by atoms with van der Waals surface area (Å²) in [5.74, 6) is 1.21. The van der Waals surface area contributed by atoms with Gasteiger partial charge in [0.05, 0.1) is 19.0 Å². The highest BCUT2D eigenvalue weighted by Crippen LogP contribution is 2.30. The van der Waals surface area contributed by atoms with Crippen molar-refractivity contribution in [3.8, 4) is 22.8 Å². The Bertz CT molecular complexity index is 1280. The van der Waals surface area contributed by atoms with E-state index in [1.165, 1.54) is 12.7 Å². The number of benzene rings is 2. The van der Waals surface area contributed by atoms with Crippen LogP contribution in [-0.4, -0.2) is 39.7 Å². The molecule has 4 rings (SSSR count). The molecule has 4 aromatic rings. The second kappa shape index (κ2) is 10.6. The minimum absolute atomic E-state index is 0.0140. The highest BCUT2D eigenvalue weighted by Gasteiger charge is 2.10. The molecule has 8 heteroatoms. The number of amides is 2. The third-order valence-electron chi connectivity index (χ3n) is 5.59. The van der Waals surface area contributed by atoms with E-state index in [9.17, 15) is 9.90 Å². The molecule has 2 amide bonds. The zero-order valence-electron chi connectivity index (χ0n) is 19.2. The van der Waals surface area contributed by atoms with Crippen LogP contribution in [0.5, 0.6) is 11.5 Å². The van der Waals surface area contributed by atoms with Gasteiger partial charge in [-0.3, -0.25) is 10.3 Å². The molecule has 2 heterocycles. The Kier molecular flexibility index (Phi) is 7.17. The van der Waals surface area contributed by atoms with E-state index in [2.05, 4.69) is 44.6 Å². The second-order valence-electron chi connectivity index (χ2n) is 8.02. The summed E-state index contributed by atoms with van der Waals surface area (Å²) in [7, 11) is 1.49. The minimum atomic E-state index is -0.316. The molecule has 0 aliphatic carbocycles. The number of ether oxygens (including phenoxy) is 1. The molecule has 0 radical (unpaired) electrons. The summed E-state index contributed by atoms with van der Waals surface area (Å²) in [4.78, 5) is 25.7. The van der Waals surface area contributed by atoms with Crippen LogP contribution < -0.4 is 15.4 Å². The number of rotatable bonds is 8. The Balaban J connectivity index is 1.35. The third kappa shape index (κ3) is 5.58. The van der Waals surface area contributed by atoms with Crippen LogP contribution >= 0.6 is 0 Å². The molecule has 1 atom stereocenters. The number of methoxy groups -OCH3 is 1. The first-order valence-electron chi connectivity index (χ1n) is 11.1. The van der Waals surface area contributed by atoms with Crippen LogP contribution in [0.2, 0.25) is 0 Å². The molecule has 0 aliphatic rings. The van der Waals surface area contributed by atoms with Gasteiger partial charge < -0.3 is 15.2 Å². The standard InChI is InChI=1S/C26H27N5O3/c1-17(18-8-4-3-5-9-18)7-6-14-27-26(33)31-24-13-11-20-25(30-24)29-21(16-28-20)19-10-12-23(34-2)22(32)15-19/h3-5,8-13,15-17,32H,6-7,14H2,1-2H3,(H2,27,29,30,31,33)/t17-/m1/s1. The lowest BCUT2D eigenvalue weighted by Crippen LogP contribution is -2.30. The van der Waals surface area contributed by atoms with Crippen LogP contribution in [0.3, 0.4) is 0 Å². The summed E-state index contributed by atoms with van der Waals surface area (Å²) in [5.41, 5.74) is 3.52. The van der Waals surface area contributed by atoms with E-state index in [1.807, 2.05) is 18.2 Å². The average molecular weight is 458 g/mol. The van der Waals surface area contributed by atoms with Crippen molar-refractivity contribution in [3.05, 3.63) is 72.4 Å². The molecule has 174 valence electrons. The van der Waals surface area contributed by atoms with Gasteiger partial charge in [0.2, 0.25) is 0 Å². The maximum Gasteiger partial charge on any atom is 0.320 e. The SMILES string of the molecule is COc1ccc(-c2cnc3ccc(NC(=O)NCCC[C@@H](C)c4ccccc4)nc3n2)cc1O. The maximum atomic E-state index is 12.3. The quantitative estimate of drug-likeness (QED) is 0.317. The summed E-state index contributed by atoms with van der Waals surface area (Å²) in [6, 6.07) is 18.5. The zero-order chi connectivity index (χ0) is 23.9. The molecular weight excluding hydrogens is 430 g/mol. The average Bonchev–Trinajstić information content (AvgIpc) is 2.86. The second-order valence-corrected chi connectivity index (χ2v) is 8.02. The largest absolute Gasteiger partial charge is 0.504 e. The van der Waals surface area contributed by atoms with E-state index in [0.29, 0.717) is 46.5 Å². The molecule has 8 nitrogen and oxygen atoms in total. The topological polar surface area (TPSA) is 109 Å². The number of hydrogen-bond acceptors (Lipinski definition) is 6. The van der Waals surface area contributed by atoms with Crippen LogP contribution in [-0.2, 0) is 0 Å². The van der Waals surface area contributed by atoms with Crippen LogP contribution in [0, 0.1) is 0 Å². The molecule has 0 unspecified atom stereocenters. The molecule has 2 aromatic heterocycles. The van der Waals surface area contributed by atoms with Crippen molar-refractivity contribution in [1.82, 2.24) is 20.3 Å². The third-order valence-corrected chi connectivity index (χ3v) is 5.59. The minimum Gasteiger partial charge on any atom is -0.504 e. The highest BCUT2D eigenvalue weighted by atomic mass is 16.5. The van der Waals surface area contributed by atoms with E-state index in [4.69, 9.17) is 4.74 Å². The zero-order valence-corrected chi connectivity index (χ0v) is 19.2. The normalized spacial score (nSPS) is 11.7. The van der Waals surface area contributed by atoms with Gasteiger partial charge in [-0.25, -0.2) is 14.8 Å². The van der Waals surface area contributed by atoms with E-state index in [1.54, 1.807) is 36.5 Å². The van der Waals surface area contributed by atoms with Crippen molar-refractivity contribution < 1.29 is 14.6 Å². The number of phenols is 1. The Labute approximate surface area is 198 Å². The summed E-state index contributed by atoms with van der Waals surface area (Å²) in [6.45, 7) is 2.76. The van der Waals surface area contributed by atoms with Crippen molar-refractivity contribution in [2.24, 2.45) is 0 Å². The molecular formula is C26H27N5O3. The molecule has 2 aromatic carbocycles. The van der Waals surface area contributed by atoms with Crippen LogP contribution in [0.1, 0.15) is 31.2 Å². The molecule has 34 heavy (non-hydrogen) atoms. The molecule has 0 saturated carbocycles. The van der Waals surface area contributed by atoms with Gasteiger partial charge in [-0.1, -0.05) is 37.3 Å². The number of phenolic OH excluding ortho intramolecular Hbond substituents is 1. The Morgan fingerprint density at radius 3 is 2.68 bits per heavy atom. The van der Waals surface area contributed by atoms with Gasteiger partial charge in [0.1, 0.15) is 11.3 Å². The fourth-order valence-corrected chi connectivity index (χ4v) is 3.67. The first-order valence-corrected chi connectivity index (χ1v) is 11.1. The molecule has 0 bridgehead atoms. The molecule has 0 aliphatic heterocycles. The smallest absolute Gasteiger partial charge is 0.320 e. The van der Waals surface area contributed by atoms with E-state index >= 15 is 0 Å². The fraction of sp³-hybridized carbons (Fsp3) is 0.231.